The fraction of sp³-hybridized carbons (Fsp3) is 0.400. The van der Waals surface area contributed by atoms with E-state index in [4.69, 9.17) is 5.11 Å². The van der Waals surface area contributed by atoms with Crippen LogP contribution in [0.5, 0.6) is 0 Å². The molecule has 0 radical (unpaired) electrons. The van der Waals surface area contributed by atoms with Crippen LogP contribution in [0.3, 0.4) is 0 Å². The molecule has 0 aliphatic carbocycles. The highest BCUT2D eigenvalue weighted by atomic mass is 16.6. The van der Waals surface area contributed by atoms with Crippen molar-refractivity contribution < 1.29 is 14.8 Å². The van der Waals surface area contributed by atoms with Gasteiger partial charge in [0.05, 0.1) is 16.5 Å². The third kappa shape index (κ3) is 2.75. The summed E-state index contributed by atoms with van der Waals surface area (Å²) >= 11 is 0. The lowest BCUT2D eigenvalue weighted by Gasteiger charge is -2.09. The maximum absolute atomic E-state index is 10.9. The SMILES string of the molecule is CCCC(C(=O)O)c1ccc([N+](=O)[O-])cn1. The van der Waals surface area contributed by atoms with Crippen LogP contribution in [0.2, 0.25) is 0 Å². The van der Waals surface area contributed by atoms with E-state index in [1.807, 2.05) is 6.92 Å². The van der Waals surface area contributed by atoms with Crippen molar-refractivity contribution in [1.82, 2.24) is 4.98 Å². The summed E-state index contributed by atoms with van der Waals surface area (Å²) < 4.78 is 0. The first-order valence-corrected chi connectivity index (χ1v) is 4.89. The van der Waals surface area contributed by atoms with E-state index in [9.17, 15) is 14.9 Å². The summed E-state index contributed by atoms with van der Waals surface area (Å²) in [4.78, 5) is 24.6. The first-order chi connectivity index (χ1) is 7.56. The zero-order valence-electron chi connectivity index (χ0n) is 8.79. The number of carboxylic acid groups (broad SMARTS) is 1. The molecule has 1 heterocycles. The van der Waals surface area contributed by atoms with Gasteiger partial charge in [-0.2, -0.15) is 0 Å². The third-order valence-electron chi connectivity index (χ3n) is 2.21. The Balaban J connectivity index is 2.94. The van der Waals surface area contributed by atoms with Crippen LogP contribution < -0.4 is 0 Å². The minimum absolute atomic E-state index is 0.135. The molecule has 6 nitrogen and oxygen atoms in total. The van der Waals surface area contributed by atoms with E-state index in [-0.39, 0.29) is 5.69 Å². The molecule has 1 aromatic heterocycles. The first-order valence-electron chi connectivity index (χ1n) is 4.89. The van der Waals surface area contributed by atoms with E-state index >= 15 is 0 Å². The van der Waals surface area contributed by atoms with Gasteiger partial charge in [-0.1, -0.05) is 13.3 Å². The fourth-order valence-electron chi connectivity index (χ4n) is 1.40. The van der Waals surface area contributed by atoms with E-state index in [2.05, 4.69) is 4.98 Å². The molecule has 1 N–H and O–H groups in total. The maximum Gasteiger partial charge on any atom is 0.312 e. The number of rotatable bonds is 5. The lowest BCUT2D eigenvalue weighted by molar-refractivity contribution is -0.385. The summed E-state index contributed by atoms with van der Waals surface area (Å²) in [5.74, 6) is -1.64. The van der Waals surface area contributed by atoms with Gasteiger partial charge in [0.2, 0.25) is 0 Å². The fourth-order valence-corrected chi connectivity index (χ4v) is 1.40. The summed E-state index contributed by atoms with van der Waals surface area (Å²) in [6.07, 6.45) is 2.27. The number of hydrogen-bond acceptors (Lipinski definition) is 4. The Kier molecular flexibility index (Phi) is 3.93. The number of nitrogens with zero attached hydrogens (tertiary/aromatic N) is 2. The second kappa shape index (κ2) is 5.20. The molecule has 0 aliphatic heterocycles. The summed E-state index contributed by atoms with van der Waals surface area (Å²) in [5.41, 5.74) is 0.226. The molecule has 0 saturated heterocycles. The number of nitro groups is 1. The van der Waals surface area contributed by atoms with Gasteiger partial charge in [0.25, 0.3) is 5.69 Å². The van der Waals surface area contributed by atoms with Gasteiger partial charge < -0.3 is 5.11 Å². The van der Waals surface area contributed by atoms with Crippen molar-refractivity contribution in [2.24, 2.45) is 0 Å². The third-order valence-corrected chi connectivity index (χ3v) is 2.21. The predicted molar refractivity (Wildman–Crippen MR) is 56.2 cm³/mol. The smallest absolute Gasteiger partial charge is 0.312 e. The number of carbonyl (C=O) groups is 1. The van der Waals surface area contributed by atoms with E-state index in [1.54, 1.807) is 0 Å². The van der Waals surface area contributed by atoms with Crippen LogP contribution in [-0.4, -0.2) is 21.0 Å². The van der Waals surface area contributed by atoms with Crippen LogP contribution in [-0.2, 0) is 4.79 Å². The largest absolute Gasteiger partial charge is 0.481 e. The number of hydrogen-bond donors (Lipinski definition) is 1. The van der Waals surface area contributed by atoms with Crippen molar-refractivity contribution in [1.29, 1.82) is 0 Å². The van der Waals surface area contributed by atoms with Gasteiger partial charge in [0.1, 0.15) is 6.20 Å². The van der Waals surface area contributed by atoms with Crippen molar-refractivity contribution in [3.8, 4) is 0 Å². The lowest BCUT2D eigenvalue weighted by atomic mass is 9.99. The molecule has 0 saturated carbocycles. The standard InChI is InChI=1S/C10H12N2O4/c1-2-3-8(10(13)14)9-5-4-7(6-11-9)12(15)16/h4-6,8H,2-3H2,1H3,(H,13,14). The van der Waals surface area contributed by atoms with Gasteiger partial charge >= 0.3 is 5.97 Å². The monoisotopic (exact) mass is 224 g/mol. The van der Waals surface area contributed by atoms with Gasteiger partial charge in [0.15, 0.2) is 0 Å². The van der Waals surface area contributed by atoms with Crippen LogP contribution in [0.15, 0.2) is 18.3 Å². The molecule has 86 valence electrons. The number of aromatic nitrogens is 1. The normalized spacial score (nSPS) is 12.1. The summed E-state index contributed by atoms with van der Waals surface area (Å²) in [6.45, 7) is 1.88. The van der Waals surface area contributed by atoms with Crippen LogP contribution in [0, 0.1) is 10.1 Å². The van der Waals surface area contributed by atoms with Crippen molar-refractivity contribution in [2.45, 2.75) is 25.7 Å². The van der Waals surface area contributed by atoms with Crippen LogP contribution in [0.4, 0.5) is 5.69 Å². The highest BCUT2D eigenvalue weighted by Crippen LogP contribution is 2.21. The zero-order valence-corrected chi connectivity index (χ0v) is 8.79. The molecule has 6 heteroatoms. The van der Waals surface area contributed by atoms with Crippen molar-refractivity contribution in [3.05, 3.63) is 34.1 Å². The van der Waals surface area contributed by atoms with Crippen LogP contribution in [0.25, 0.3) is 0 Å². The zero-order chi connectivity index (χ0) is 12.1. The lowest BCUT2D eigenvalue weighted by Crippen LogP contribution is -2.12. The van der Waals surface area contributed by atoms with Crippen molar-refractivity contribution >= 4 is 11.7 Å². The molecular formula is C10H12N2O4. The molecular weight excluding hydrogens is 212 g/mol. The highest BCUT2D eigenvalue weighted by Gasteiger charge is 2.20. The molecule has 0 aliphatic rings. The number of pyridine rings is 1. The topological polar surface area (TPSA) is 93.3 Å². The summed E-state index contributed by atoms with van der Waals surface area (Å²) in [5, 5.41) is 19.4. The molecule has 0 aromatic carbocycles. The molecule has 0 fully saturated rings. The molecule has 16 heavy (non-hydrogen) atoms. The Labute approximate surface area is 92.1 Å². The van der Waals surface area contributed by atoms with Gasteiger partial charge in [-0.15, -0.1) is 0 Å². The van der Waals surface area contributed by atoms with Crippen molar-refractivity contribution in [3.63, 3.8) is 0 Å². The molecule has 0 spiro atoms. The second-order valence-electron chi connectivity index (χ2n) is 3.38. The molecule has 1 rings (SSSR count). The van der Waals surface area contributed by atoms with E-state index in [1.165, 1.54) is 12.1 Å². The minimum Gasteiger partial charge on any atom is -0.481 e. The first kappa shape index (κ1) is 12.1. The molecule has 1 atom stereocenters. The van der Waals surface area contributed by atoms with Gasteiger partial charge in [0, 0.05) is 6.07 Å². The number of carboxylic acids is 1. The highest BCUT2D eigenvalue weighted by molar-refractivity contribution is 5.75. The summed E-state index contributed by atoms with van der Waals surface area (Å²) in [6, 6.07) is 2.67. The average molecular weight is 224 g/mol. The van der Waals surface area contributed by atoms with E-state index in [0.717, 1.165) is 12.6 Å². The Morgan fingerprint density at radius 2 is 2.31 bits per heavy atom. The Bertz CT molecular complexity index is 388. The average Bonchev–Trinajstić information content (AvgIpc) is 2.25. The van der Waals surface area contributed by atoms with Gasteiger partial charge in [-0.25, -0.2) is 0 Å². The predicted octanol–water partition coefficient (Wildman–Crippen LogP) is 1.96. The quantitative estimate of drug-likeness (QED) is 0.609. The van der Waals surface area contributed by atoms with E-state index in [0.29, 0.717) is 12.1 Å². The summed E-state index contributed by atoms with van der Waals surface area (Å²) in [7, 11) is 0. The Morgan fingerprint density at radius 1 is 1.62 bits per heavy atom. The Morgan fingerprint density at radius 3 is 2.69 bits per heavy atom. The molecule has 1 unspecified atom stereocenters. The molecule has 1 aromatic rings. The van der Waals surface area contributed by atoms with Gasteiger partial charge in [-0.05, 0) is 12.5 Å². The van der Waals surface area contributed by atoms with Crippen molar-refractivity contribution in [2.75, 3.05) is 0 Å². The van der Waals surface area contributed by atoms with E-state index < -0.39 is 16.8 Å². The second-order valence-corrected chi connectivity index (χ2v) is 3.38. The maximum atomic E-state index is 10.9. The molecule has 0 amide bonds. The molecule has 0 bridgehead atoms. The van der Waals surface area contributed by atoms with Gasteiger partial charge in [-0.3, -0.25) is 19.9 Å². The Hall–Kier alpha value is -1.98. The minimum atomic E-state index is -0.955. The number of aliphatic carboxylic acids is 1. The van der Waals surface area contributed by atoms with Crippen LogP contribution in [0.1, 0.15) is 31.4 Å². The van der Waals surface area contributed by atoms with Crippen LogP contribution >= 0.6 is 0 Å².